The number of para-hydroxylation sites is 1. The van der Waals surface area contributed by atoms with Crippen LogP contribution in [-0.2, 0) is 25.6 Å². The molecule has 2 amide bonds. The molecule has 2 saturated heterocycles. The van der Waals surface area contributed by atoms with Crippen molar-refractivity contribution in [1.82, 2.24) is 25.2 Å². The van der Waals surface area contributed by atoms with Crippen LogP contribution in [-0.4, -0.2) is 70.2 Å². The molecule has 9 nitrogen and oxygen atoms in total. The number of amides is 2. The molecule has 0 aliphatic carbocycles. The van der Waals surface area contributed by atoms with Crippen LogP contribution in [0.1, 0.15) is 62.6 Å². The lowest BCUT2D eigenvalue weighted by atomic mass is 9.97. The maximum Gasteiger partial charge on any atom is 0.247 e. The smallest absolute Gasteiger partial charge is 0.247 e. The number of carbonyl (C=O) groups excluding carboxylic acids is 2. The van der Waals surface area contributed by atoms with Crippen LogP contribution in [0, 0.1) is 0 Å². The van der Waals surface area contributed by atoms with E-state index in [1.54, 1.807) is 9.58 Å². The van der Waals surface area contributed by atoms with E-state index < -0.39 is 6.04 Å². The zero-order valence-corrected chi connectivity index (χ0v) is 22.2. The molecule has 0 spiro atoms. The third kappa shape index (κ3) is 6.05. The van der Waals surface area contributed by atoms with Gasteiger partial charge in [0.1, 0.15) is 18.1 Å². The minimum absolute atomic E-state index is 0.00625. The fraction of sp³-hybridized carbons (Fsp3) is 0.517. The number of fused-ring (bicyclic) bond motifs is 1. The fourth-order valence-electron chi connectivity index (χ4n) is 5.26. The number of nitrogens with zero attached hydrogens (tertiary/aromatic N) is 4. The highest BCUT2D eigenvalue weighted by atomic mass is 16.5. The summed E-state index contributed by atoms with van der Waals surface area (Å²) in [5.41, 5.74) is 3.45. The second-order valence-electron chi connectivity index (χ2n) is 10.5. The Morgan fingerprint density at radius 3 is 2.37 bits per heavy atom. The van der Waals surface area contributed by atoms with Crippen LogP contribution in [0.4, 0.5) is 0 Å². The summed E-state index contributed by atoms with van der Waals surface area (Å²) in [5.74, 6) is -0.0602. The van der Waals surface area contributed by atoms with Crippen molar-refractivity contribution in [3.63, 3.8) is 0 Å². The van der Waals surface area contributed by atoms with Gasteiger partial charge in [-0.1, -0.05) is 55.5 Å². The predicted octanol–water partition coefficient (Wildman–Crippen LogP) is 3.60. The fourth-order valence-corrected chi connectivity index (χ4v) is 5.26. The van der Waals surface area contributed by atoms with E-state index in [0.717, 1.165) is 48.9 Å². The number of rotatable bonds is 10. The highest BCUT2D eigenvalue weighted by molar-refractivity contribution is 5.89. The molecule has 38 heavy (non-hydrogen) atoms. The Balaban J connectivity index is 1.46. The first kappa shape index (κ1) is 26.3. The molecule has 2 fully saturated rings. The van der Waals surface area contributed by atoms with E-state index in [-0.39, 0.29) is 30.6 Å². The first-order valence-corrected chi connectivity index (χ1v) is 13.7. The van der Waals surface area contributed by atoms with E-state index in [2.05, 4.69) is 29.5 Å². The summed E-state index contributed by atoms with van der Waals surface area (Å²) in [6.07, 6.45) is 3.61. The molecular weight excluding hydrogens is 482 g/mol. The van der Waals surface area contributed by atoms with Gasteiger partial charge in [0, 0.05) is 26.3 Å². The van der Waals surface area contributed by atoms with Gasteiger partial charge in [0.05, 0.1) is 17.7 Å². The van der Waals surface area contributed by atoms with Crippen molar-refractivity contribution >= 4 is 22.8 Å². The van der Waals surface area contributed by atoms with Gasteiger partial charge in [0.15, 0.2) is 0 Å². The van der Waals surface area contributed by atoms with E-state index in [1.165, 1.54) is 5.56 Å². The molecule has 0 saturated carbocycles. The van der Waals surface area contributed by atoms with Crippen LogP contribution < -0.4 is 5.32 Å². The molecule has 0 radical (unpaired) electrons. The van der Waals surface area contributed by atoms with E-state index in [9.17, 15) is 9.59 Å². The molecule has 2 aliphatic rings. The van der Waals surface area contributed by atoms with Crippen molar-refractivity contribution in [3.05, 3.63) is 59.7 Å². The van der Waals surface area contributed by atoms with Gasteiger partial charge in [0.2, 0.25) is 11.8 Å². The van der Waals surface area contributed by atoms with Gasteiger partial charge in [-0.3, -0.25) is 9.59 Å². The third-order valence-corrected chi connectivity index (χ3v) is 7.46. The van der Waals surface area contributed by atoms with Gasteiger partial charge in [-0.2, -0.15) is 0 Å². The quantitative estimate of drug-likeness (QED) is 0.440. The Bertz CT molecular complexity index is 1230. The average molecular weight is 520 g/mol. The molecule has 3 aromatic rings. The number of aromatic nitrogens is 3. The molecule has 0 bridgehead atoms. The maximum atomic E-state index is 14.0. The molecule has 2 aromatic carbocycles. The number of hydrogen-bond acceptors (Lipinski definition) is 6. The van der Waals surface area contributed by atoms with Crippen LogP contribution >= 0.6 is 0 Å². The lowest BCUT2D eigenvalue weighted by Crippen LogP contribution is -2.48. The molecule has 1 N–H and O–H groups in total. The van der Waals surface area contributed by atoms with Crippen LogP contribution in [0.2, 0.25) is 0 Å². The normalized spacial score (nSPS) is 20.2. The monoisotopic (exact) mass is 519 g/mol. The highest BCUT2D eigenvalue weighted by Crippen LogP contribution is 2.27. The first-order valence-electron chi connectivity index (χ1n) is 13.7. The SMILES string of the molecule is CC(C)c1ccc([C@H](C(=O)NC[C@H]2CCCO2)N(C[C@@H]2CCCO2)C(=O)Cn2nnc3ccccc32)cc1. The number of nitrogens with one attached hydrogen (secondary N) is 1. The molecule has 3 heterocycles. The number of carbonyl (C=O) groups is 2. The average Bonchev–Trinajstić information content (AvgIpc) is 3.71. The summed E-state index contributed by atoms with van der Waals surface area (Å²) in [6.45, 7) is 6.39. The van der Waals surface area contributed by atoms with E-state index >= 15 is 0 Å². The van der Waals surface area contributed by atoms with Gasteiger partial charge in [-0.15, -0.1) is 5.10 Å². The van der Waals surface area contributed by atoms with Crippen molar-refractivity contribution in [2.45, 2.75) is 70.2 Å². The number of hydrogen-bond donors (Lipinski definition) is 1. The zero-order valence-electron chi connectivity index (χ0n) is 22.2. The van der Waals surface area contributed by atoms with Crippen LogP contribution in [0.5, 0.6) is 0 Å². The lowest BCUT2D eigenvalue weighted by molar-refractivity contribution is -0.143. The first-order chi connectivity index (χ1) is 18.5. The van der Waals surface area contributed by atoms with Gasteiger partial charge < -0.3 is 19.7 Å². The standard InChI is InChI=1S/C29H37N5O4/c1-20(2)21-11-13-22(14-12-21)28(29(36)30-17-23-7-5-15-37-23)33(18-24-8-6-16-38-24)27(35)19-34-26-10-4-3-9-25(26)31-32-34/h3-4,9-14,20,23-24,28H,5-8,15-19H2,1-2H3,(H,30,36)/t23-,24+,28-/m1/s1. The molecule has 5 rings (SSSR count). The topological polar surface area (TPSA) is 98.6 Å². The van der Waals surface area contributed by atoms with E-state index in [4.69, 9.17) is 9.47 Å². The molecule has 9 heteroatoms. The largest absolute Gasteiger partial charge is 0.376 e. The lowest BCUT2D eigenvalue weighted by Gasteiger charge is -2.33. The summed E-state index contributed by atoms with van der Waals surface area (Å²) in [6, 6.07) is 14.8. The Morgan fingerprint density at radius 2 is 1.68 bits per heavy atom. The summed E-state index contributed by atoms with van der Waals surface area (Å²) < 4.78 is 13.2. The van der Waals surface area contributed by atoms with Crippen molar-refractivity contribution in [3.8, 4) is 0 Å². The van der Waals surface area contributed by atoms with Crippen LogP contribution in [0.25, 0.3) is 11.0 Å². The second kappa shape index (κ2) is 12.0. The third-order valence-electron chi connectivity index (χ3n) is 7.46. The predicted molar refractivity (Wildman–Crippen MR) is 143 cm³/mol. The van der Waals surface area contributed by atoms with Crippen LogP contribution in [0.3, 0.4) is 0 Å². The molecule has 3 atom stereocenters. The summed E-state index contributed by atoms with van der Waals surface area (Å²) in [4.78, 5) is 29.5. The highest BCUT2D eigenvalue weighted by Gasteiger charge is 2.35. The van der Waals surface area contributed by atoms with E-state index in [1.807, 2.05) is 48.5 Å². The summed E-state index contributed by atoms with van der Waals surface area (Å²) in [5, 5.41) is 11.5. The maximum absolute atomic E-state index is 14.0. The molecule has 1 aromatic heterocycles. The summed E-state index contributed by atoms with van der Waals surface area (Å²) in [7, 11) is 0. The van der Waals surface area contributed by atoms with Crippen molar-refractivity contribution < 1.29 is 19.1 Å². The van der Waals surface area contributed by atoms with Crippen LogP contribution in [0.15, 0.2) is 48.5 Å². The Labute approximate surface area is 223 Å². The number of ether oxygens (including phenoxy) is 2. The molecular formula is C29H37N5O4. The van der Waals surface area contributed by atoms with Crippen molar-refractivity contribution in [1.29, 1.82) is 0 Å². The second-order valence-corrected chi connectivity index (χ2v) is 10.5. The number of benzene rings is 2. The van der Waals surface area contributed by atoms with Gasteiger partial charge >= 0.3 is 0 Å². The minimum Gasteiger partial charge on any atom is -0.376 e. The zero-order chi connectivity index (χ0) is 26.5. The molecule has 202 valence electrons. The van der Waals surface area contributed by atoms with Gasteiger partial charge in [-0.05, 0) is 54.9 Å². The Hall–Kier alpha value is -3.30. The Kier molecular flexibility index (Phi) is 8.34. The summed E-state index contributed by atoms with van der Waals surface area (Å²) >= 11 is 0. The van der Waals surface area contributed by atoms with Crippen molar-refractivity contribution in [2.75, 3.05) is 26.3 Å². The molecule has 2 aliphatic heterocycles. The molecule has 0 unspecified atom stereocenters. The van der Waals surface area contributed by atoms with Gasteiger partial charge in [-0.25, -0.2) is 4.68 Å². The Morgan fingerprint density at radius 1 is 1.00 bits per heavy atom. The minimum atomic E-state index is -0.802. The van der Waals surface area contributed by atoms with Gasteiger partial charge in [0.25, 0.3) is 0 Å². The van der Waals surface area contributed by atoms with E-state index in [0.29, 0.717) is 25.6 Å². The van der Waals surface area contributed by atoms with Crippen molar-refractivity contribution in [2.24, 2.45) is 0 Å².